The minimum atomic E-state index is -4.40. The van der Waals surface area contributed by atoms with Crippen molar-refractivity contribution in [2.24, 2.45) is 0 Å². The third-order valence-electron chi connectivity index (χ3n) is 4.29. The molecule has 144 valence electrons. The van der Waals surface area contributed by atoms with Gasteiger partial charge in [0.25, 0.3) is 5.91 Å². The average Bonchev–Trinajstić information content (AvgIpc) is 2.67. The molecule has 7 heteroatoms. The maximum Gasteiger partial charge on any atom is 0.416 e. The Morgan fingerprint density at radius 1 is 1.11 bits per heavy atom. The molecule has 0 unspecified atom stereocenters. The third kappa shape index (κ3) is 4.36. The molecule has 0 spiro atoms. The highest BCUT2D eigenvalue weighted by Gasteiger charge is 2.30. The summed E-state index contributed by atoms with van der Waals surface area (Å²) in [6, 6.07) is 12.1. The first-order valence-corrected chi connectivity index (χ1v) is 8.69. The Balaban J connectivity index is 1.80. The Bertz CT molecular complexity index is 999. The zero-order valence-corrected chi connectivity index (χ0v) is 15.3. The summed E-state index contributed by atoms with van der Waals surface area (Å²) < 4.78 is 38.0. The molecule has 28 heavy (non-hydrogen) atoms. The van der Waals surface area contributed by atoms with Gasteiger partial charge in [-0.2, -0.15) is 13.2 Å². The van der Waals surface area contributed by atoms with Crippen LogP contribution in [-0.2, 0) is 12.6 Å². The fourth-order valence-corrected chi connectivity index (χ4v) is 2.70. The molecule has 1 N–H and O–H groups in total. The van der Waals surface area contributed by atoms with Crippen LogP contribution in [0, 0.1) is 6.92 Å². The number of benzene rings is 2. The number of aryl methyl sites for hydroxylation is 2. The number of anilines is 1. The SMILES string of the molecule is CCc1cccc(NC(=O)c2cnc(-c3ccc(C(F)(F)F)cc3)nc2C)c1. The van der Waals surface area contributed by atoms with Crippen LogP contribution in [0.25, 0.3) is 11.4 Å². The summed E-state index contributed by atoms with van der Waals surface area (Å²) in [7, 11) is 0. The Labute approximate surface area is 160 Å². The van der Waals surface area contributed by atoms with Crippen LogP contribution in [0.4, 0.5) is 18.9 Å². The largest absolute Gasteiger partial charge is 0.416 e. The minimum absolute atomic E-state index is 0.260. The summed E-state index contributed by atoms with van der Waals surface area (Å²) in [6.07, 6.45) is -2.16. The topological polar surface area (TPSA) is 54.9 Å². The zero-order valence-electron chi connectivity index (χ0n) is 15.3. The molecular weight excluding hydrogens is 367 g/mol. The number of carbonyl (C=O) groups is 1. The lowest BCUT2D eigenvalue weighted by molar-refractivity contribution is -0.137. The van der Waals surface area contributed by atoms with Gasteiger partial charge < -0.3 is 5.32 Å². The summed E-state index contributed by atoms with van der Waals surface area (Å²) in [6.45, 7) is 3.69. The fraction of sp³-hybridized carbons (Fsp3) is 0.190. The first kappa shape index (κ1) is 19.5. The van der Waals surface area contributed by atoms with Gasteiger partial charge in [-0.1, -0.05) is 31.2 Å². The van der Waals surface area contributed by atoms with Gasteiger partial charge in [0.2, 0.25) is 0 Å². The standard InChI is InChI=1S/C21H18F3N3O/c1-3-14-5-4-6-17(11-14)27-20(28)18-12-25-19(26-13(18)2)15-7-9-16(10-8-15)21(22,23)24/h4-12H,3H2,1-2H3,(H,27,28). The predicted molar refractivity (Wildman–Crippen MR) is 101 cm³/mol. The molecule has 0 saturated heterocycles. The number of nitrogens with zero attached hydrogens (tertiary/aromatic N) is 2. The van der Waals surface area contributed by atoms with Gasteiger partial charge in [0.05, 0.1) is 16.8 Å². The van der Waals surface area contributed by atoms with Gasteiger partial charge in [-0.15, -0.1) is 0 Å². The molecule has 0 fully saturated rings. The molecule has 3 rings (SSSR count). The lowest BCUT2D eigenvalue weighted by Crippen LogP contribution is -2.15. The number of carbonyl (C=O) groups excluding carboxylic acids is 1. The van der Waals surface area contributed by atoms with Crippen LogP contribution < -0.4 is 5.32 Å². The highest BCUT2D eigenvalue weighted by atomic mass is 19.4. The van der Waals surface area contributed by atoms with Crippen LogP contribution in [0.2, 0.25) is 0 Å². The van der Waals surface area contributed by atoms with Crippen molar-refractivity contribution in [3.8, 4) is 11.4 Å². The molecule has 3 aromatic rings. The Hall–Kier alpha value is -3.22. The van der Waals surface area contributed by atoms with Gasteiger partial charge in [0.1, 0.15) is 0 Å². The van der Waals surface area contributed by atoms with E-state index < -0.39 is 11.7 Å². The maximum atomic E-state index is 12.7. The summed E-state index contributed by atoms with van der Waals surface area (Å²) >= 11 is 0. The summed E-state index contributed by atoms with van der Waals surface area (Å²) in [4.78, 5) is 20.9. The van der Waals surface area contributed by atoms with E-state index in [0.29, 0.717) is 22.5 Å². The van der Waals surface area contributed by atoms with Gasteiger partial charge in [-0.05, 0) is 43.2 Å². The minimum Gasteiger partial charge on any atom is -0.322 e. The molecule has 0 aliphatic heterocycles. The summed E-state index contributed by atoms with van der Waals surface area (Å²) in [5.74, 6) is -0.0829. The van der Waals surface area contributed by atoms with Crippen LogP contribution in [0.3, 0.4) is 0 Å². The second-order valence-corrected chi connectivity index (χ2v) is 6.28. The van der Waals surface area contributed by atoms with Crippen molar-refractivity contribution in [3.05, 3.63) is 77.1 Å². The quantitative estimate of drug-likeness (QED) is 0.664. The molecule has 0 saturated carbocycles. The molecule has 4 nitrogen and oxygen atoms in total. The number of amides is 1. The van der Waals surface area contributed by atoms with Crippen LogP contribution in [-0.4, -0.2) is 15.9 Å². The van der Waals surface area contributed by atoms with Gasteiger partial charge in [0, 0.05) is 17.4 Å². The lowest BCUT2D eigenvalue weighted by Gasteiger charge is -2.10. The van der Waals surface area contributed by atoms with Crippen LogP contribution in [0.15, 0.2) is 54.7 Å². The van der Waals surface area contributed by atoms with E-state index in [1.54, 1.807) is 13.0 Å². The van der Waals surface area contributed by atoms with Crippen LogP contribution >= 0.6 is 0 Å². The number of hydrogen-bond donors (Lipinski definition) is 1. The molecule has 0 radical (unpaired) electrons. The monoisotopic (exact) mass is 385 g/mol. The molecule has 0 atom stereocenters. The molecule has 0 bridgehead atoms. The van der Waals surface area contributed by atoms with Gasteiger partial charge in [-0.25, -0.2) is 9.97 Å². The maximum absolute atomic E-state index is 12.7. The highest BCUT2D eigenvalue weighted by Crippen LogP contribution is 2.30. The number of alkyl halides is 3. The number of nitrogens with one attached hydrogen (secondary N) is 1. The lowest BCUT2D eigenvalue weighted by atomic mass is 10.1. The second-order valence-electron chi connectivity index (χ2n) is 6.28. The normalized spacial score (nSPS) is 11.3. The highest BCUT2D eigenvalue weighted by molar-refractivity contribution is 6.04. The predicted octanol–water partition coefficient (Wildman–Crippen LogP) is 5.29. The molecule has 1 heterocycles. The molecule has 0 aliphatic carbocycles. The summed E-state index contributed by atoms with van der Waals surface area (Å²) in [5.41, 5.74) is 2.22. The van der Waals surface area contributed by atoms with E-state index in [-0.39, 0.29) is 11.7 Å². The van der Waals surface area contributed by atoms with Crippen LogP contribution in [0.5, 0.6) is 0 Å². The van der Waals surface area contributed by atoms with Crippen LogP contribution in [0.1, 0.15) is 34.1 Å². The van der Waals surface area contributed by atoms with Crippen molar-refractivity contribution < 1.29 is 18.0 Å². The van der Waals surface area contributed by atoms with E-state index >= 15 is 0 Å². The molecule has 2 aromatic carbocycles. The average molecular weight is 385 g/mol. The van der Waals surface area contributed by atoms with Crippen molar-refractivity contribution in [2.75, 3.05) is 5.32 Å². The Morgan fingerprint density at radius 3 is 2.43 bits per heavy atom. The Kier molecular flexibility index (Phi) is 5.44. The number of halogens is 3. The number of hydrogen-bond acceptors (Lipinski definition) is 3. The second kappa shape index (κ2) is 7.80. The first-order chi connectivity index (χ1) is 13.3. The zero-order chi connectivity index (χ0) is 20.3. The molecular formula is C21H18F3N3O. The molecule has 0 aliphatic rings. The van der Waals surface area contributed by atoms with Gasteiger partial charge in [0.15, 0.2) is 5.82 Å². The van der Waals surface area contributed by atoms with Gasteiger partial charge in [-0.3, -0.25) is 4.79 Å². The van der Waals surface area contributed by atoms with Crippen molar-refractivity contribution >= 4 is 11.6 Å². The van der Waals surface area contributed by atoms with E-state index in [4.69, 9.17) is 0 Å². The molecule has 1 amide bonds. The summed E-state index contributed by atoms with van der Waals surface area (Å²) in [5, 5.41) is 2.81. The molecule has 1 aromatic heterocycles. The van der Waals surface area contributed by atoms with Crippen molar-refractivity contribution in [1.29, 1.82) is 0 Å². The van der Waals surface area contributed by atoms with Crippen molar-refractivity contribution in [2.45, 2.75) is 26.4 Å². The van der Waals surface area contributed by atoms with Crippen molar-refractivity contribution in [3.63, 3.8) is 0 Å². The van der Waals surface area contributed by atoms with E-state index in [2.05, 4.69) is 15.3 Å². The van der Waals surface area contributed by atoms with Crippen molar-refractivity contribution in [1.82, 2.24) is 9.97 Å². The smallest absolute Gasteiger partial charge is 0.322 e. The third-order valence-corrected chi connectivity index (χ3v) is 4.29. The fourth-order valence-electron chi connectivity index (χ4n) is 2.70. The van der Waals surface area contributed by atoms with E-state index in [0.717, 1.165) is 24.1 Å². The number of aromatic nitrogens is 2. The van der Waals surface area contributed by atoms with E-state index in [9.17, 15) is 18.0 Å². The number of rotatable bonds is 4. The van der Waals surface area contributed by atoms with E-state index in [1.807, 2.05) is 25.1 Å². The van der Waals surface area contributed by atoms with Gasteiger partial charge >= 0.3 is 6.18 Å². The Morgan fingerprint density at radius 2 is 1.82 bits per heavy atom. The van der Waals surface area contributed by atoms with E-state index in [1.165, 1.54) is 18.3 Å². The first-order valence-electron chi connectivity index (χ1n) is 8.69.